The first-order chi connectivity index (χ1) is 10.6. The number of hydrogen-bond acceptors (Lipinski definition) is 3. The molecule has 0 aromatic heterocycles. The van der Waals surface area contributed by atoms with Crippen LogP contribution in [0.1, 0.15) is 17.3 Å². The molecule has 5 nitrogen and oxygen atoms in total. The van der Waals surface area contributed by atoms with Crippen LogP contribution < -0.4 is 10.6 Å². The summed E-state index contributed by atoms with van der Waals surface area (Å²) in [7, 11) is 0. The zero-order valence-electron chi connectivity index (χ0n) is 11.9. The number of benzene rings is 2. The molecule has 0 unspecified atom stereocenters. The van der Waals surface area contributed by atoms with Crippen molar-refractivity contribution in [1.29, 1.82) is 0 Å². The summed E-state index contributed by atoms with van der Waals surface area (Å²) in [5.41, 5.74) is 0.799. The van der Waals surface area contributed by atoms with E-state index in [2.05, 4.69) is 10.6 Å². The number of ether oxygens (including phenoxy) is 1. The molecule has 0 heterocycles. The Kier molecular flexibility index (Phi) is 5.08. The van der Waals surface area contributed by atoms with Crippen LogP contribution in [-0.2, 0) is 4.74 Å². The van der Waals surface area contributed by atoms with Gasteiger partial charge in [0, 0.05) is 11.3 Å². The molecule has 0 aliphatic rings. The average molecular weight is 302 g/mol. The molecular weight excluding hydrogens is 287 g/mol. The molecule has 0 saturated carbocycles. The number of amides is 2. The first kappa shape index (κ1) is 15.5. The quantitative estimate of drug-likeness (QED) is 0.906. The molecule has 0 spiro atoms. The van der Waals surface area contributed by atoms with E-state index in [1.807, 2.05) is 0 Å². The van der Waals surface area contributed by atoms with Crippen LogP contribution in [0.2, 0.25) is 0 Å². The zero-order chi connectivity index (χ0) is 15.9. The maximum absolute atomic E-state index is 13.5. The van der Waals surface area contributed by atoms with Gasteiger partial charge in [-0.25, -0.2) is 9.18 Å². The van der Waals surface area contributed by atoms with Gasteiger partial charge in [0.05, 0.1) is 12.3 Å². The van der Waals surface area contributed by atoms with Gasteiger partial charge in [0.1, 0.15) is 5.82 Å². The Balaban J connectivity index is 2.10. The molecule has 6 heteroatoms. The topological polar surface area (TPSA) is 67.4 Å². The highest BCUT2D eigenvalue weighted by Crippen LogP contribution is 2.16. The number of carbonyl (C=O) groups is 2. The van der Waals surface area contributed by atoms with Gasteiger partial charge < -0.3 is 10.1 Å². The zero-order valence-corrected chi connectivity index (χ0v) is 11.9. The molecule has 2 aromatic carbocycles. The van der Waals surface area contributed by atoms with Crippen LogP contribution in [0.15, 0.2) is 48.5 Å². The summed E-state index contributed by atoms with van der Waals surface area (Å²) >= 11 is 0. The predicted molar refractivity (Wildman–Crippen MR) is 81.4 cm³/mol. The molecule has 0 radical (unpaired) electrons. The van der Waals surface area contributed by atoms with Gasteiger partial charge in [-0.3, -0.25) is 10.1 Å². The highest BCUT2D eigenvalue weighted by molar-refractivity contribution is 6.05. The molecular formula is C16H15FN2O3. The third-order valence-electron chi connectivity index (χ3n) is 2.77. The van der Waals surface area contributed by atoms with E-state index in [1.54, 1.807) is 31.2 Å². The first-order valence-electron chi connectivity index (χ1n) is 6.70. The van der Waals surface area contributed by atoms with Gasteiger partial charge in [-0.05, 0) is 37.3 Å². The lowest BCUT2D eigenvalue weighted by Crippen LogP contribution is -2.15. The second-order valence-corrected chi connectivity index (χ2v) is 4.36. The fraction of sp³-hybridized carbons (Fsp3) is 0.125. The van der Waals surface area contributed by atoms with E-state index >= 15 is 0 Å². The number of hydrogen-bond donors (Lipinski definition) is 2. The van der Waals surface area contributed by atoms with Gasteiger partial charge in [-0.2, -0.15) is 0 Å². The number of halogens is 1. The van der Waals surface area contributed by atoms with Crippen molar-refractivity contribution in [3.8, 4) is 0 Å². The van der Waals surface area contributed by atoms with Gasteiger partial charge in [0.15, 0.2) is 0 Å². The Morgan fingerprint density at radius 1 is 1.09 bits per heavy atom. The number of carbonyl (C=O) groups excluding carboxylic acids is 2. The van der Waals surface area contributed by atoms with Crippen molar-refractivity contribution >= 4 is 23.4 Å². The lowest BCUT2D eigenvalue weighted by atomic mass is 10.2. The number of nitrogens with one attached hydrogen (secondary N) is 2. The minimum Gasteiger partial charge on any atom is -0.450 e. The van der Waals surface area contributed by atoms with Crippen LogP contribution >= 0.6 is 0 Å². The van der Waals surface area contributed by atoms with Crippen LogP contribution in [0.4, 0.5) is 20.6 Å². The van der Waals surface area contributed by atoms with E-state index in [1.165, 1.54) is 24.3 Å². The molecule has 114 valence electrons. The van der Waals surface area contributed by atoms with Crippen molar-refractivity contribution in [2.24, 2.45) is 0 Å². The summed E-state index contributed by atoms with van der Waals surface area (Å²) in [6.07, 6.45) is -0.603. The highest BCUT2D eigenvalue weighted by Gasteiger charge is 2.10. The van der Waals surface area contributed by atoms with E-state index in [0.717, 1.165) is 0 Å². The summed E-state index contributed by atoms with van der Waals surface area (Å²) in [5.74, 6) is -0.991. The summed E-state index contributed by atoms with van der Waals surface area (Å²) < 4.78 is 18.3. The van der Waals surface area contributed by atoms with E-state index < -0.39 is 17.8 Å². The second kappa shape index (κ2) is 7.21. The van der Waals surface area contributed by atoms with Crippen molar-refractivity contribution in [1.82, 2.24) is 0 Å². The molecule has 0 aliphatic carbocycles. The van der Waals surface area contributed by atoms with Crippen molar-refractivity contribution in [3.05, 3.63) is 59.9 Å². The van der Waals surface area contributed by atoms with Gasteiger partial charge in [-0.15, -0.1) is 0 Å². The van der Waals surface area contributed by atoms with Crippen molar-refractivity contribution in [2.75, 3.05) is 17.2 Å². The molecule has 0 aliphatic heterocycles. The monoisotopic (exact) mass is 302 g/mol. The second-order valence-electron chi connectivity index (χ2n) is 4.36. The Hall–Kier alpha value is -2.89. The van der Waals surface area contributed by atoms with Crippen LogP contribution in [0.5, 0.6) is 0 Å². The number of anilines is 2. The van der Waals surface area contributed by atoms with E-state index in [-0.39, 0.29) is 17.9 Å². The Labute approximate surface area is 127 Å². The molecule has 2 aromatic rings. The molecule has 0 saturated heterocycles. The van der Waals surface area contributed by atoms with Crippen LogP contribution in [0.25, 0.3) is 0 Å². The maximum Gasteiger partial charge on any atom is 0.411 e. The lowest BCUT2D eigenvalue weighted by Gasteiger charge is -2.08. The number of rotatable bonds is 4. The van der Waals surface area contributed by atoms with Crippen LogP contribution in [-0.4, -0.2) is 18.6 Å². The third kappa shape index (κ3) is 4.05. The summed E-state index contributed by atoms with van der Waals surface area (Å²) in [4.78, 5) is 23.5. The Morgan fingerprint density at radius 3 is 2.59 bits per heavy atom. The Morgan fingerprint density at radius 2 is 1.86 bits per heavy atom. The molecule has 2 amide bonds. The fourth-order valence-electron chi connectivity index (χ4n) is 1.78. The molecule has 2 rings (SSSR count). The predicted octanol–water partition coefficient (Wildman–Crippen LogP) is 3.65. The molecule has 2 N–H and O–H groups in total. The van der Waals surface area contributed by atoms with E-state index in [4.69, 9.17) is 4.74 Å². The van der Waals surface area contributed by atoms with Crippen molar-refractivity contribution in [2.45, 2.75) is 6.92 Å². The van der Waals surface area contributed by atoms with Gasteiger partial charge >= 0.3 is 6.09 Å². The third-order valence-corrected chi connectivity index (χ3v) is 2.77. The minimum absolute atomic E-state index is 0.0938. The van der Waals surface area contributed by atoms with Gasteiger partial charge in [0.25, 0.3) is 5.91 Å². The fourth-order valence-corrected chi connectivity index (χ4v) is 1.78. The van der Waals surface area contributed by atoms with E-state index in [0.29, 0.717) is 5.69 Å². The summed E-state index contributed by atoms with van der Waals surface area (Å²) in [6, 6.07) is 12.2. The number of para-hydroxylation sites is 1. The summed E-state index contributed by atoms with van der Waals surface area (Å²) in [6.45, 7) is 1.94. The smallest absolute Gasteiger partial charge is 0.411 e. The maximum atomic E-state index is 13.5. The Bertz CT molecular complexity index is 689. The molecule has 0 fully saturated rings. The molecule has 0 bridgehead atoms. The van der Waals surface area contributed by atoms with Gasteiger partial charge in [-0.1, -0.05) is 18.2 Å². The van der Waals surface area contributed by atoms with Crippen molar-refractivity contribution in [3.63, 3.8) is 0 Å². The molecule has 22 heavy (non-hydrogen) atoms. The van der Waals surface area contributed by atoms with Crippen LogP contribution in [0, 0.1) is 5.82 Å². The first-order valence-corrected chi connectivity index (χ1v) is 6.70. The van der Waals surface area contributed by atoms with Crippen molar-refractivity contribution < 1.29 is 18.7 Å². The molecule has 0 atom stereocenters. The SMILES string of the molecule is CCOC(=O)Nc1cccc(C(=O)Nc2ccccc2F)c1. The van der Waals surface area contributed by atoms with Gasteiger partial charge in [0.2, 0.25) is 0 Å². The average Bonchev–Trinajstić information content (AvgIpc) is 2.50. The summed E-state index contributed by atoms with van der Waals surface area (Å²) in [5, 5.41) is 4.97. The minimum atomic E-state index is -0.603. The van der Waals surface area contributed by atoms with Crippen LogP contribution in [0.3, 0.4) is 0 Å². The van der Waals surface area contributed by atoms with E-state index in [9.17, 15) is 14.0 Å². The lowest BCUT2D eigenvalue weighted by molar-refractivity contribution is 0.102. The largest absolute Gasteiger partial charge is 0.450 e. The standard InChI is InChI=1S/C16H15FN2O3/c1-2-22-16(21)18-12-7-5-6-11(10-12)15(20)19-14-9-4-3-8-13(14)17/h3-10H,2H2,1H3,(H,18,21)(H,19,20). The highest BCUT2D eigenvalue weighted by atomic mass is 19.1. The normalized spacial score (nSPS) is 9.91.